The van der Waals surface area contributed by atoms with Gasteiger partial charge in [0.05, 0.1) is 0 Å². The van der Waals surface area contributed by atoms with E-state index in [2.05, 4.69) is 0 Å². The standard InChI is InChI=1S/C15H17O2P.Li.H/c1-13(17-2)18(16,14-9-5-3-6-10-14)15-11-7-4-8-12-15;;/h3-13H,1-2H3;;/q;+1;-1. The van der Waals surface area contributed by atoms with Crippen molar-refractivity contribution in [1.29, 1.82) is 0 Å². The molecule has 0 spiro atoms. The molecule has 2 rings (SSSR count). The molecule has 96 valence electrons. The molecule has 19 heavy (non-hydrogen) atoms. The molecular formula is C15H18LiO2P. The summed E-state index contributed by atoms with van der Waals surface area (Å²) in [6, 6.07) is 19.1. The maximum Gasteiger partial charge on any atom is 1.00 e. The van der Waals surface area contributed by atoms with Crippen LogP contribution in [0, 0.1) is 0 Å². The van der Waals surface area contributed by atoms with Gasteiger partial charge in [0.25, 0.3) is 0 Å². The SMILES string of the molecule is COC(C)P(=O)(c1ccccc1)c1ccccc1.[H-].[Li+]. The maximum absolute atomic E-state index is 13.4. The Kier molecular flexibility index (Phi) is 6.11. The van der Waals surface area contributed by atoms with Gasteiger partial charge >= 0.3 is 18.9 Å². The van der Waals surface area contributed by atoms with Crippen LogP contribution >= 0.6 is 7.14 Å². The Morgan fingerprint density at radius 1 is 0.947 bits per heavy atom. The Labute approximate surface area is 128 Å². The van der Waals surface area contributed by atoms with Crippen molar-refractivity contribution in [2.45, 2.75) is 12.8 Å². The molecule has 0 radical (unpaired) electrons. The van der Waals surface area contributed by atoms with E-state index in [-0.39, 0.29) is 26.1 Å². The molecule has 0 aliphatic heterocycles. The first-order valence-corrected chi connectivity index (χ1v) is 7.71. The Morgan fingerprint density at radius 2 is 1.32 bits per heavy atom. The van der Waals surface area contributed by atoms with Crippen molar-refractivity contribution < 1.29 is 29.6 Å². The quantitative estimate of drug-likeness (QED) is 0.581. The van der Waals surface area contributed by atoms with Crippen molar-refractivity contribution in [2.75, 3.05) is 7.11 Å². The van der Waals surface area contributed by atoms with Gasteiger partial charge in [0.1, 0.15) is 5.85 Å². The summed E-state index contributed by atoms with van der Waals surface area (Å²) in [6.07, 6.45) is 0. The summed E-state index contributed by atoms with van der Waals surface area (Å²) in [5.74, 6) is -0.331. The van der Waals surface area contributed by atoms with Crippen LogP contribution in [0.2, 0.25) is 0 Å². The van der Waals surface area contributed by atoms with Gasteiger partial charge in [-0.05, 0) is 6.92 Å². The van der Waals surface area contributed by atoms with Gasteiger partial charge in [-0.15, -0.1) is 0 Å². The van der Waals surface area contributed by atoms with Crippen molar-refractivity contribution in [3.8, 4) is 0 Å². The van der Waals surface area contributed by atoms with Gasteiger partial charge in [-0.3, -0.25) is 0 Å². The minimum absolute atomic E-state index is 0. The normalized spacial score (nSPS) is 12.5. The van der Waals surface area contributed by atoms with Crippen molar-refractivity contribution >= 4 is 17.8 Å². The average Bonchev–Trinajstić information content (AvgIpc) is 2.47. The summed E-state index contributed by atoms with van der Waals surface area (Å²) >= 11 is 0. The summed E-state index contributed by atoms with van der Waals surface area (Å²) < 4.78 is 18.8. The molecule has 2 aromatic carbocycles. The van der Waals surface area contributed by atoms with Crippen LogP contribution in [0.4, 0.5) is 0 Å². The summed E-state index contributed by atoms with van der Waals surface area (Å²) in [5, 5.41) is 1.68. The third-order valence-electron chi connectivity index (χ3n) is 3.13. The van der Waals surface area contributed by atoms with Crippen LogP contribution in [0.25, 0.3) is 0 Å². The fraction of sp³-hybridized carbons (Fsp3) is 0.200. The molecule has 0 amide bonds. The molecule has 2 aromatic rings. The number of rotatable bonds is 4. The molecule has 4 heteroatoms. The van der Waals surface area contributed by atoms with Crippen LogP contribution in [0.15, 0.2) is 60.7 Å². The second kappa shape index (κ2) is 7.13. The van der Waals surface area contributed by atoms with Crippen LogP contribution in [-0.2, 0) is 9.30 Å². The van der Waals surface area contributed by atoms with E-state index in [0.717, 1.165) is 10.6 Å². The van der Waals surface area contributed by atoms with Crippen molar-refractivity contribution in [3.63, 3.8) is 0 Å². The van der Waals surface area contributed by atoms with Crippen molar-refractivity contribution in [3.05, 3.63) is 60.7 Å². The molecular weight excluding hydrogens is 250 g/mol. The molecule has 2 nitrogen and oxygen atoms in total. The Balaban J connectivity index is 0.00000180. The Bertz CT molecular complexity index is 505. The molecule has 1 atom stereocenters. The van der Waals surface area contributed by atoms with Crippen LogP contribution in [0.5, 0.6) is 0 Å². The first kappa shape index (κ1) is 16.3. The zero-order valence-electron chi connectivity index (χ0n) is 12.6. The molecule has 0 bridgehead atoms. The minimum atomic E-state index is -2.74. The molecule has 0 fully saturated rings. The van der Waals surface area contributed by atoms with Gasteiger partial charge in [-0.25, -0.2) is 0 Å². The third kappa shape index (κ3) is 3.22. The predicted octanol–water partition coefficient (Wildman–Crippen LogP) is 0.109. The number of hydrogen-bond donors (Lipinski definition) is 0. The zero-order valence-corrected chi connectivity index (χ0v) is 12.5. The fourth-order valence-corrected chi connectivity index (χ4v) is 4.68. The van der Waals surface area contributed by atoms with E-state index in [4.69, 9.17) is 4.74 Å². The van der Waals surface area contributed by atoms with Gasteiger partial charge in [0, 0.05) is 17.7 Å². The number of hydrogen-bond acceptors (Lipinski definition) is 2. The second-order valence-electron chi connectivity index (χ2n) is 4.16. The van der Waals surface area contributed by atoms with E-state index < -0.39 is 7.14 Å². The van der Waals surface area contributed by atoms with Crippen LogP contribution in [0.1, 0.15) is 8.35 Å². The Morgan fingerprint density at radius 3 is 1.63 bits per heavy atom. The molecule has 0 heterocycles. The van der Waals surface area contributed by atoms with E-state index >= 15 is 0 Å². The van der Waals surface area contributed by atoms with E-state index in [1.807, 2.05) is 67.6 Å². The summed E-state index contributed by atoms with van der Waals surface area (Å²) in [6.45, 7) is 1.86. The molecule has 0 saturated heterocycles. The summed E-state index contributed by atoms with van der Waals surface area (Å²) in [5.41, 5.74) is 0. The first-order valence-electron chi connectivity index (χ1n) is 5.93. The van der Waals surface area contributed by atoms with E-state index in [1.54, 1.807) is 7.11 Å². The van der Waals surface area contributed by atoms with Gasteiger partial charge in [-0.2, -0.15) is 0 Å². The van der Waals surface area contributed by atoms with Crippen LogP contribution in [-0.4, -0.2) is 13.0 Å². The molecule has 0 aromatic heterocycles. The number of benzene rings is 2. The van der Waals surface area contributed by atoms with Crippen molar-refractivity contribution in [2.24, 2.45) is 0 Å². The third-order valence-corrected chi connectivity index (χ3v) is 6.50. The van der Waals surface area contributed by atoms with Crippen LogP contribution in [0.3, 0.4) is 0 Å². The molecule has 0 saturated carbocycles. The summed E-state index contributed by atoms with van der Waals surface area (Å²) in [4.78, 5) is 0. The van der Waals surface area contributed by atoms with Gasteiger partial charge in [-0.1, -0.05) is 60.7 Å². The summed E-state index contributed by atoms with van der Waals surface area (Å²) in [7, 11) is -1.14. The monoisotopic (exact) mass is 268 g/mol. The molecule has 1 unspecified atom stereocenters. The fourth-order valence-electron chi connectivity index (χ4n) is 2.02. The van der Waals surface area contributed by atoms with E-state index in [9.17, 15) is 4.57 Å². The maximum atomic E-state index is 13.4. The number of ether oxygens (including phenoxy) is 1. The topological polar surface area (TPSA) is 26.3 Å². The minimum Gasteiger partial charge on any atom is -1.00 e. The zero-order chi connectivity index (χ0) is 13.0. The first-order chi connectivity index (χ1) is 8.69. The van der Waals surface area contributed by atoms with Crippen molar-refractivity contribution in [1.82, 2.24) is 0 Å². The molecule has 0 aliphatic carbocycles. The molecule has 0 aliphatic rings. The predicted molar refractivity (Wildman–Crippen MR) is 77.3 cm³/mol. The second-order valence-corrected chi connectivity index (χ2v) is 7.24. The smallest absolute Gasteiger partial charge is 1.00 e. The molecule has 0 N–H and O–H groups in total. The van der Waals surface area contributed by atoms with Crippen LogP contribution < -0.4 is 29.5 Å². The van der Waals surface area contributed by atoms with E-state index in [1.165, 1.54) is 0 Å². The largest absolute Gasteiger partial charge is 1.00 e. The van der Waals surface area contributed by atoms with Gasteiger partial charge in [0.15, 0.2) is 7.14 Å². The van der Waals surface area contributed by atoms with E-state index in [0.29, 0.717) is 0 Å². The number of methoxy groups -OCH3 is 1. The van der Waals surface area contributed by atoms with Gasteiger partial charge < -0.3 is 10.7 Å². The average molecular weight is 268 g/mol. The Hall–Kier alpha value is -0.773. The van der Waals surface area contributed by atoms with Gasteiger partial charge in [0.2, 0.25) is 0 Å².